The van der Waals surface area contributed by atoms with Crippen molar-refractivity contribution in [2.75, 3.05) is 13.7 Å². The topological polar surface area (TPSA) is 53.4 Å². The maximum atomic E-state index is 11.2. The van der Waals surface area contributed by atoms with Crippen molar-refractivity contribution in [1.82, 2.24) is 9.78 Å². The predicted molar refractivity (Wildman–Crippen MR) is 73.4 cm³/mol. The Kier molecular flexibility index (Phi) is 3.52. The Balaban J connectivity index is 2.04. The molecule has 0 bridgehead atoms. The minimum absolute atomic E-state index is 0.0776. The van der Waals surface area contributed by atoms with Crippen LogP contribution in [0.4, 0.5) is 0 Å². The van der Waals surface area contributed by atoms with Gasteiger partial charge in [0.2, 0.25) is 0 Å². The molecule has 104 valence electrons. The van der Waals surface area contributed by atoms with Crippen LogP contribution in [0.25, 0.3) is 5.69 Å². The van der Waals surface area contributed by atoms with Gasteiger partial charge >= 0.3 is 0 Å². The third-order valence-electron chi connectivity index (χ3n) is 3.47. The molecule has 1 saturated heterocycles. The molecule has 0 spiro atoms. The third kappa shape index (κ3) is 2.20. The third-order valence-corrected chi connectivity index (χ3v) is 3.47. The fraction of sp³-hybridized carbons (Fsp3) is 0.333. The zero-order chi connectivity index (χ0) is 13.9. The van der Waals surface area contributed by atoms with E-state index in [9.17, 15) is 4.79 Å². The average molecular weight is 272 g/mol. The van der Waals surface area contributed by atoms with Gasteiger partial charge in [0.25, 0.3) is 0 Å². The van der Waals surface area contributed by atoms with Crippen LogP contribution in [-0.2, 0) is 4.74 Å². The molecule has 1 aliphatic heterocycles. The molecule has 1 aromatic carbocycles. The first-order valence-electron chi connectivity index (χ1n) is 6.63. The lowest BCUT2D eigenvalue weighted by Crippen LogP contribution is -2.02. The zero-order valence-electron chi connectivity index (χ0n) is 11.3. The number of aldehydes is 1. The summed E-state index contributed by atoms with van der Waals surface area (Å²) in [6.07, 6.45) is 4.39. The summed E-state index contributed by atoms with van der Waals surface area (Å²) in [6, 6.07) is 7.57. The van der Waals surface area contributed by atoms with Crippen LogP contribution >= 0.6 is 0 Å². The van der Waals surface area contributed by atoms with Gasteiger partial charge in [0, 0.05) is 12.8 Å². The summed E-state index contributed by atoms with van der Waals surface area (Å²) in [4.78, 5) is 11.2. The first-order chi connectivity index (χ1) is 9.83. The van der Waals surface area contributed by atoms with Gasteiger partial charge in [-0.3, -0.25) is 4.79 Å². The summed E-state index contributed by atoms with van der Waals surface area (Å²) in [5, 5.41) is 4.52. The average Bonchev–Trinajstić information content (AvgIpc) is 3.15. The first kappa shape index (κ1) is 12.9. The van der Waals surface area contributed by atoms with E-state index in [4.69, 9.17) is 9.47 Å². The smallest absolute Gasteiger partial charge is 0.153 e. The lowest BCUT2D eigenvalue weighted by Gasteiger charge is -2.08. The Morgan fingerprint density at radius 1 is 1.45 bits per heavy atom. The van der Waals surface area contributed by atoms with E-state index in [1.165, 1.54) is 0 Å². The second-order valence-corrected chi connectivity index (χ2v) is 4.71. The molecule has 0 N–H and O–H groups in total. The SMILES string of the molecule is COc1ccccc1-n1cc(C=O)c(C2CCCO2)n1. The van der Waals surface area contributed by atoms with Crippen LogP contribution in [-0.4, -0.2) is 29.8 Å². The number of ether oxygens (including phenoxy) is 2. The highest BCUT2D eigenvalue weighted by atomic mass is 16.5. The molecule has 1 aliphatic rings. The van der Waals surface area contributed by atoms with Crippen LogP contribution < -0.4 is 4.74 Å². The summed E-state index contributed by atoms with van der Waals surface area (Å²) in [6.45, 7) is 0.727. The highest BCUT2D eigenvalue weighted by molar-refractivity contribution is 5.76. The molecule has 20 heavy (non-hydrogen) atoms. The molecule has 5 heteroatoms. The van der Waals surface area contributed by atoms with E-state index < -0.39 is 0 Å². The maximum absolute atomic E-state index is 11.2. The summed E-state index contributed by atoms with van der Waals surface area (Å²) in [5.41, 5.74) is 2.09. The number of rotatable bonds is 4. The lowest BCUT2D eigenvalue weighted by molar-refractivity contribution is 0.104. The van der Waals surface area contributed by atoms with Gasteiger partial charge in [0.15, 0.2) is 6.29 Å². The molecule has 2 heterocycles. The van der Waals surface area contributed by atoms with E-state index >= 15 is 0 Å². The molecule has 1 unspecified atom stereocenters. The van der Waals surface area contributed by atoms with Crippen LogP contribution in [0.15, 0.2) is 30.5 Å². The number of aromatic nitrogens is 2. The molecule has 2 aromatic rings. The van der Waals surface area contributed by atoms with Crippen molar-refractivity contribution in [3.05, 3.63) is 41.7 Å². The fourth-order valence-electron chi connectivity index (χ4n) is 2.48. The molecule has 1 fully saturated rings. The lowest BCUT2D eigenvalue weighted by atomic mass is 10.1. The molecule has 1 atom stereocenters. The molecule has 0 radical (unpaired) electrons. The zero-order valence-corrected chi connectivity index (χ0v) is 11.3. The monoisotopic (exact) mass is 272 g/mol. The molecular formula is C15H16N2O3. The second kappa shape index (κ2) is 5.46. The standard InChI is InChI=1S/C15H16N2O3/c1-19-13-6-3-2-5-12(13)17-9-11(10-18)15(16-17)14-7-4-8-20-14/h2-3,5-6,9-10,14H,4,7-8H2,1H3. The number of benzene rings is 1. The Bertz CT molecular complexity index is 615. The number of hydrogen-bond acceptors (Lipinski definition) is 4. The van der Waals surface area contributed by atoms with Crippen molar-refractivity contribution in [3.8, 4) is 11.4 Å². The summed E-state index contributed by atoms with van der Waals surface area (Å²) < 4.78 is 12.6. The molecular weight excluding hydrogens is 256 g/mol. The van der Waals surface area contributed by atoms with Gasteiger partial charge in [0.1, 0.15) is 23.2 Å². The second-order valence-electron chi connectivity index (χ2n) is 4.71. The minimum atomic E-state index is -0.0776. The number of carbonyl (C=O) groups is 1. The Hall–Kier alpha value is -2.14. The Morgan fingerprint density at radius 2 is 2.30 bits per heavy atom. The van der Waals surface area contributed by atoms with E-state index in [1.54, 1.807) is 18.0 Å². The van der Waals surface area contributed by atoms with Crippen molar-refractivity contribution < 1.29 is 14.3 Å². The van der Waals surface area contributed by atoms with Crippen LogP contribution in [0.1, 0.15) is 35.0 Å². The molecule has 1 aromatic heterocycles. The largest absolute Gasteiger partial charge is 0.494 e. The van der Waals surface area contributed by atoms with Crippen LogP contribution in [0.3, 0.4) is 0 Å². The quantitative estimate of drug-likeness (QED) is 0.803. The highest BCUT2D eigenvalue weighted by Gasteiger charge is 2.24. The summed E-state index contributed by atoms with van der Waals surface area (Å²) in [7, 11) is 1.62. The van der Waals surface area contributed by atoms with Crippen LogP contribution in [0.2, 0.25) is 0 Å². The van der Waals surface area contributed by atoms with E-state index in [-0.39, 0.29) is 6.10 Å². The predicted octanol–water partition coefficient (Wildman–Crippen LogP) is 2.54. The van der Waals surface area contributed by atoms with Crippen LogP contribution in [0.5, 0.6) is 5.75 Å². The van der Waals surface area contributed by atoms with E-state index in [1.807, 2.05) is 24.3 Å². The normalized spacial score (nSPS) is 18.1. The van der Waals surface area contributed by atoms with Crippen molar-refractivity contribution in [2.24, 2.45) is 0 Å². The number of nitrogens with zero attached hydrogens (tertiary/aromatic N) is 2. The van der Waals surface area contributed by atoms with E-state index in [0.29, 0.717) is 17.0 Å². The Morgan fingerprint density at radius 3 is 3.00 bits per heavy atom. The molecule has 3 rings (SSSR count). The first-order valence-corrected chi connectivity index (χ1v) is 6.63. The van der Waals surface area contributed by atoms with Gasteiger partial charge in [0.05, 0.1) is 12.7 Å². The fourth-order valence-corrected chi connectivity index (χ4v) is 2.48. The number of carbonyl (C=O) groups excluding carboxylic acids is 1. The summed E-state index contributed by atoms with van der Waals surface area (Å²) >= 11 is 0. The minimum Gasteiger partial charge on any atom is -0.494 e. The van der Waals surface area contributed by atoms with Gasteiger partial charge in [-0.2, -0.15) is 5.10 Å². The number of methoxy groups -OCH3 is 1. The van der Waals surface area contributed by atoms with E-state index in [2.05, 4.69) is 5.10 Å². The molecule has 0 saturated carbocycles. The van der Waals surface area contributed by atoms with Crippen molar-refractivity contribution in [3.63, 3.8) is 0 Å². The van der Waals surface area contributed by atoms with E-state index in [0.717, 1.165) is 31.4 Å². The summed E-state index contributed by atoms with van der Waals surface area (Å²) in [5.74, 6) is 0.714. The van der Waals surface area contributed by atoms with Crippen molar-refractivity contribution in [2.45, 2.75) is 18.9 Å². The molecule has 0 aliphatic carbocycles. The van der Waals surface area contributed by atoms with Gasteiger partial charge in [-0.1, -0.05) is 12.1 Å². The maximum Gasteiger partial charge on any atom is 0.153 e. The van der Waals surface area contributed by atoms with Gasteiger partial charge in [-0.25, -0.2) is 4.68 Å². The molecule has 5 nitrogen and oxygen atoms in total. The Labute approximate surface area is 117 Å². The highest BCUT2D eigenvalue weighted by Crippen LogP contribution is 2.31. The van der Waals surface area contributed by atoms with Crippen LogP contribution in [0, 0.1) is 0 Å². The number of para-hydroxylation sites is 2. The van der Waals surface area contributed by atoms with Gasteiger partial charge < -0.3 is 9.47 Å². The van der Waals surface area contributed by atoms with Crippen molar-refractivity contribution >= 4 is 6.29 Å². The van der Waals surface area contributed by atoms with Crippen molar-refractivity contribution in [1.29, 1.82) is 0 Å². The van der Waals surface area contributed by atoms with Gasteiger partial charge in [-0.05, 0) is 25.0 Å². The number of hydrogen-bond donors (Lipinski definition) is 0. The molecule has 0 amide bonds. The van der Waals surface area contributed by atoms with Gasteiger partial charge in [-0.15, -0.1) is 0 Å².